The van der Waals surface area contributed by atoms with E-state index in [0.29, 0.717) is 5.56 Å². The van der Waals surface area contributed by atoms with Gasteiger partial charge in [-0.25, -0.2) is 0 Å². The first-order valence-corrected chi connectivity index (χ1v) is 7.60. The zero-order valence-electron chi connectivity index (χ0n) is 13.2. The van der Waals surface area contributed by atoms with Crippen LogP contribution < -0.4 is 10.2 Å². The fourth-order valence-electron chi connectivity index (χ4n) is 2.74. The first-order chi connectivity index (χ1) is 9.94. The Morgan fingerprint density at radius 1 is 1.43 bits per heavy atom. The van der Waals surface area contributed by atoms with Crippen LogP contribution in [0.4, 0.5) is 5.69 Å². The van der Waals surface area contributed by atoms with Gasteiger partial charge in [-0.2, -0.15) is 5.26 Å². The van der Waals surface area contributed by atoms with Gasteiger partial charge >= 0.3 is 0 Å². The number of aliphatic hydroxyl groups is 1. The molecule has 0 amide bonds. The van der Waals surface area contributed by atoms with E-state index in [9.17, 15) is 10.4 Å². The van der Waals surface area contributed by atoms with Crippen LogP contribution in [0.25, 0.3) is 0 Å². The molecule has 4 heteroatoms. The second-order valence-corrected chi connectivity index (χ2v) is 6.74. The molecule has 0 saturated carbocycles. The minimum Gasteiger partial charge on any atom is -0.394 e. The highest BCUT2D eigenvalue weighted by Crippen LogP contribution is 2.29. The van der Waals surface area contributed by atoms with E-state index >= 15 is 0 Å². The van der Waals surface area contributed by atoms with Crippen molar-refractivity contribution in [2.75, 3.05) is 18.1 Å². The summed E-state index contributed by atoms with van der Waals surface area (Å²) in [4.78, 5) is 2.17. The van der Waals surface area contributed by atoms with Crippen LogP contribution in [0, 0.1) is 11.3 Å². The number of nitrogens with zero attached hydrogens (tertiary/aromatic N) is 2. The smallest absolute Gasteiger partial charge is 0.101 e. The zero-order chi connectivity index (χ0) is 15.5. The molecule has 1 aromatic rings. The summed E-state index contributed by atoms with van der Waals surface area (Å²) in [7, 11) is 0. The third-order valence-corrected chi connectivity index (χ3v) is 3.90. The molecule has 1 aliphatic heterocycles. The third kappa shape index (κ3) is 3.96. The highest BCUT2D eigenvalue weighted by Gasteiger charge is 2.25. The first kappa shape index (κ1) is 15.8. The van der Waals surface area contributed by atoms with Crippen molar-refractivity contribution in [3.8, 4) is 6.07 Å². The Bertz CT molecular complexity index is 528. The lowest BCUT2D eigenvalue weighted by atomic mass is 10.1. The molecule has 0 aromatic heterocycles. The number of aliphatic hydroxyl groups excluding tert-OH is 1. The zero-order valence-corrected chi connectivity index (χ0v) is 13.2. The van der Waals surface area contributed by atoms with Crippen molar-refractivity contribution in [2.45, 2.75) is 51.7 Å². The molecule has 0 bridgehead atoms. The molecular weight excluding hydrogens is 262 g/mol. The largest absolute Gasteiger partial charge is 0.394 e. The molecule has 1 atom stereocenters. The van der Waals surface area contributed by atoms with Crippen LogP contribution >= 0.6 is 0 Å². The molecule has 1 saturated heterocycles. The maximum Gasteiger partial charge on any atom is 0.101 e. The summed E-state index contributed by atoms with van der Waals surface area (Å²) in [5.41, 5.74) is 2.82. The Balaban J connectivity index is 2.19. The van der Waals surface area contributed by atoms with E-state index in [0.717, 1.165) is 37.2 Å². The van der Waals surface area contributed by atoms with E-state index in [1.54, 1.807) is 0 Å². The summed E-state index contributed by atoms with van der Waals surface area (Å²) < 4.78 is 0. The Labute approximate surface area is 127 Å². The second kappa shape index (κ2) is 6.46. The Kier molecular flexibility index (Phi) is 4.87. The predicted octanol–water partition coefficient (Wildman–Crippen LogP) is 2.41. The minimum absolute atomic E-state index is 0.0580. The van der Waals surface area contributed by atoms with Gasteiger partial charge in [-0.1, -0.05) is 6.07 Å². The van der Waals surface area contributed by atoms with Crippen molar-refractivity contribution < 1.29 is 5.11 Å². The fourth-order valence-corrected chi connectivity index (χ4v) is 2.74. The van der Waals surface area contributed by atoms with Gasteiger partial charge in [0, 0.05) is 18.6 Å². The first-order valence-electron chi connectivity index (χ1n) is 7.60. The summed E-state index contributed by atoms with van der Waals surface area (Å²) in [5, 5.41) is 22.3. The summed E-state index contributed by atoms with van der Waals surface area (Å²) in [6.45, 7) is 8.20. The number of nitrogens with one attached hydrogen (secondary N) is 1. The normalized spacial score (nSPS) is 18.8. The number of hydrogen-bond donors (Lipinski definition) is 2. The van der Waals surface area contributed by atoms with E-state index in [-0.39, 0.29) is 18.2 Å². The lowest BCUT2D eigenvalue weighted by Gasteiger charge is -2.27. The van der Waals surface area contributed by atoms with Gasteiger partial charge in [-0.05, 0) is 51.3 Å². The van der Waals surface area contributed by atoms with Crippen molar-refractivity contribution in [3.63, 3.8) is 0 Å². The maximum atomic E-state index is 9.46. The highest BCUT2D eigenvalue weighted by molar-refractivity contribution is 5.61. The molecule has 1 fully saturated rings. The van der Waals surface area contributed by atoms with E-state index in [2.05, 4.69) is 43.1 Å². The van der Waals surface area contributed by atoms with Gasteiger partial charge in [0.05, 0.1) is 23.9 Å². The number of nitriles is 1. The van der Waals surface area contributed by atoms with Crippen molar-refractivity contribution >= 4 is 5.69 Å². The summed E-state index contributed by atoms with van der Waals surface area (Å²) in [5.74, 6) is 0. The van der Waals surface area contributed by atoms with Crippen molar-refractivity contribution in [1.29, 1.82) is 5.26 Å². The summed E-state index contributed by atoms with van der Waals surface area (Å²) in [6.07, 6.45) is 2.07. The van der Waals surface area contributed by atoms with Crippen LogP contribution in [-0.2, 0) is 6.54 Å². The van der Waals surface area contributed by atoms with Gasteiger partial charge in [0.2, 0.25) is 0 Å². The molecule has 2 N–H and O–H groups in total. The molecule has 1 unspecified atom stereocenters. The lowest BCUT2D eigenvalue weighted by Crippen LogP contribution is -2.35. The van der Waals surface area contributed by atoms with Crippen LogP contribution in [0.5, 0.6) is 0 Å². The molecule has 4 nitrogen and oxygen atoms in total. The molecule has 0 radical (unpaired) electrons. The molecule has 114 valence electrons. The number of hydrogen-bond acceptors (Lipinski definition) is 4. The van der Waals surface area contributed by atoms with Crippen LogP contribution in [0.1, 0.15) is 44.7 Å². The number of anilines is 1. The minimum atomic E-state index is 0.0580. The standard InChI is InChI=1S/C17H25N3O/c1-17(2,3)19-11-13-6-7-16(14(9-13)10-18)20-8-4-5-15(20)12-21/h6-7,9,15,19,21H,4-5,8,11-12H2,1-3H3. The van der Waals surface area contributed by atoms with Gasteiger partial charge in [0.15, 0.2) is 0 Å². The van der Waals surface area contributed by atoms with Crippen molar-refractivity contribution in [1.82, 2.24) is 5.32 Å². The van der Waals surface area contributed by atoms with E-state index < -0.39 is 0 Å². The van der Waals surface area contributed by atoms with Crippen LogP contribution in [-0.4, -0.2) is 29.8 Å². The van der Waals surface area contributed by atoms with Crippen molar-refractivity contribution in [3.05, 3.63) is 29.3 Å². The summed E-state index contributed by atoms with van der Waals surface area (Å²) >= 11 is 0. The molecule has 2 rings (SSSR count). The molecular formula is C17H25N3O. The quantitative estimate of drug-likeness (QED) is 0.893. The summed E-state index contributed by atoms with van der Waals surface area (Å²) in [6, 6.07) is 8.50. The van der Waals surface area contributed by atoms with Crippen LogP contribution in [0.15, 0.2) is 18.2 Å². The van der Waals surface area contributed by atoms with Crippen LogP contribution in [0.3, 0.4) is 0 Å². The Morgan fingerprint density at radius 2 is 2.19 bits per heavy atom. The number of benzene rings is 1. The van der Waals surface area contributed by atoms with Crippen LogP contribution in [0.2, 0.25) is 0 Å². The average molecular weight is 287 g/mol. The lowest BCUT2D eigenvalue weighted by molar-refractivity contribution is 0.266. The second-order valence-electron chi connectivity index (χ2n) is 6.74. The molecule has 1 aromatic carbocycles. The van der Waals surface area contributed by atoms with Gasteiger partial charge in [-0.3, -0.25) is 0 Å². The number of rotatable bonds is 4. The van der Waals surface area contributed by atoms with E-state index in [4.69, 9.17) is 0 Å². The molecule has 1 aliphatic rings. The monoisotopic (exact) mass is 287 g/mol. The van der Waals surface area contributed by atoms with Gasteiger partial charge in [0.25, 0.3) is 0 Å². The Morgan fingerprint density at radius 3 is 2.81 bits per heavy atom. The van der Waals surface area contributed by atoms with Gasteiger partial charge in [0.1, 0.15) is 6.07 Å². The van der Waals surface area contributed by atoms with Crippen molar-refractivity contribution in [2.24, 2.45) is 0 Å². The van der Waals surface area contributed by atoms with E-state index in [1.807, 2.05) is 12.1 Å². The van der Waals surface area contributed by atoms with Gasteiger partial charge < -0.3 is 15.3 Å². The maximum absolute atomic E-state index is 9.46. The average Bonchev–Trinajstić information content (AvgIpc) is 2.92. The SMILES string of the molecule is CC(C)(C)NCc1ccc(N2CCCC2CO)c(C#N)c1. The fraction of sp³-hybridized carbons (Fsp3) is 0.588. The molecule has 21 heavy (non-hydrogen) atoms. The van der Waals surface area contributed by atoms with E-state index in [1.165, 1.54) is 0 Å². The molecule has 0 spiro atoms. The third-order valence-electron chi connectivity index (χ3n) is 3.90. The Hall–Kier alpha value is -1.57. The molecule has 0 aliphatic carbocycles. The molecule has 1 heterocycles. The topological polar surface area (TPSA) is 59.3 Å². The van der Waals surface area contributed by atoms with Gasteiger partial charge in [-0.15, -0.1) is 0 Å². The predicted molar refractivity (Wildman–Crippen MR) is 85.2 cm³/mol. The highest BCUT2D eigenvalue weighted by atomic mass is 16.3.